The van der Waals surface area contributed by atoms with Crippen molar-refractivity contribution in [3.05, 3.63) is 140 Å². The van der Waals surface area contributed by atoms with Crippen LogP contribution in [0.4, 0.5) is 0 Å². The van der Waals surface area contributed by atoms with Crippen LogP contribution in [0.25, 0.3) is 88.0 Å². The summed E-state index contributed by atoms with van der Waals surface area (Å²) in [5, 5.41) is 5.89. The Morgan fingerprint density at radius 3 is 2.02 bits per heavy atom. The van der Waals surface area contributed by atoms with Crippen LogP contribution >= 0.6 is 0 Å². The van der Waals surface area contributed by atoms with Crippen LogP contribution < -0.4 is 0 Å². The normalized spacial score (nSPS) is 12.2. The Morgan fingerprint density at radius 1 is 0.488 bits per heavy atom. The maximum atomic E-state index is 6.54. The van der Waals surface area contributed by atoms with E-state index in [0.29, 0.717) is 0 Å². The molecule has 0 radical (unpaired) electrons. The van der Waals surface area contributed by atoms with Crippen LogP contribution in [0.15, 0.2) is 144 Å². The van der Waals surface area contributed by atoms with Gasteiger partial charge in [-0.3, -0.25) is 4.98 Å². The van der Waals surface area contributed by atoms with Gasteiger partial charge >= 0.3 is 0 Å². The number of para-hydroxylation sites is 5. The number of benzene rings is 6. The van der Waals surface area contributed by atoms with E-state index in [0.717, 1.165) is 60.8 Å². The third-order valence-corrected chi connectivity index (χ3v) is 8.95. The third kappa shape index (κ3) is 3.02. The molecule has 0 aliphatic rings. The molecule has 43 heavy (non-hydrogen) atoms. The lowest BCUT2D eigenvalue weighted by atomic mass is 10.0. The number of aromatic nitrogens is 3. The molecular weight excluding hydrogens is 526 g/mol. The molecule has 0 amide bonds. The molecule has 0 aliphatic carbocycles. The Kier molecular flexibility index (Phi) is 4.42. The van der Waals surface area contributed by atoms with E-state index in [1.165, 1.54) is 27.2 Å². The highest BCUT2D eigenvalue weighted by molar-refractivity contribution is 6.21. The largest absolute Gasteiger partial charge is 0.454 e. The molecule has 10 aromatic rings. The predicted molar refractivity (Wildman–Crippen MR) is 177 cm³/mol. The first-order chi connectivity index (χ1) is 21.3. The van der Waals surface area contributed by atoms with Crippen molar-refractivity contribution in [2.24, 2.45) is 0 Å². The van der Waals surface area contributed by atoms with Gasteiger partial charge in [0.1, 0.15) is 5.58 Å². The minimum absolute atomic E-state index is 0.908. The van der Waals surface area contributed by atoms with Gasteiger partial charge in [-0.25, -0.2) is 0 Å². The molecule has 0 fully saturated rings. The van der Waals surface area contributed by atoms with Crippen molar-refractivity contribution in [1.82, 2.24) is 14.0 Å². The van der Waals surface area contributed by atoms with E-state index in [1.807, 2.05) is 24.4 Å². The molecule has 0 saturated heterocycles. The second-order valence-electron chi connectivity index (χ2n) is 11.2. The first-order valence-corrected chi connectivity index (χ1v) is 14.6. The van der Waals surface area contributed by atoms with Crippen molar-refractivity contribution in [1.29, 1.82) is 0 Å². The van der Waals surface area contributed by atoms with Crippen LogP contribution in [0.1, 0.15) is 0 Å². The molecule has 0 N–H and O–H groups in total. The minimum Gasteiger partial charge on any atom is -0.454 e. The molecule has 0 bridgehead atoms. The number of nitrogens with zero attached hydrogens (tertiary/aromatic N) is 3. The maximum absolute atomic E-state index is 6.54. The molecule has 4 aromatic heterocycles. The molecule has 4 heterocycles. The lowest BCUT2D eigenvalue weighted by molar-refractivity contribution is 0.671. The van der Waals surface area contributed by atoms with E-state index in [9.17, 15) is 0 Å². The first-order valence-electron chi connectivity index (χ1n) is 14.6. The first kappa shape index (κ1) is 22.8. The second kappa shape index (κ2) is 8.34. The summed E-state index contributed by atoms with van der Waals surface area (Å²) in [4.78, 5) is 4.83. The van der Waals surface area contributed by atoms with Crippen LogP contribution in [0.2, 0.25) is 0 Å². The summed E-state index contributed by atoms with van der Waals surface area (Å²) in [5.74, 6) is 0. The van der Waals surface area contributed by atoms with Gasteiger partial charge in [-0.2, -0.15) is 0 Å². The van der Waals surface area contributed by atoms with Crippen LogP contribution in [-0.2, 0) is 0 Å². The van der Waals surface area contributed by atoms with Gasteiger partial charge in [0.15, 0.2) is 5.58 Å². The van der Waals surface area contributed by atoms with Gasteiger partial charge in [-0.05, 0) is 54.1 Å². The Balaban J connectivity index is 1.24. The average molecular weight is 550 g/mol. The summed E-state index contributed by atoms with van der Waals surface area (Å²) in [5.41, 5.74) is 11.9. The summed E-state index contributed by atoms with van der Waals surface area (Å²) in [6, 6.07) is 47.3. The molecule has 0 atom stereocenters. The lowest BCUT2D eigenvalue weighted by Crippen LogP contribution is -1.94. The van der Waals surface area contributed by atoms with Gasteiger partial charge in [0, 0.05) is 38.2 Å². The van der Waals surface area contributed by atoms with Crippen molar-refractivity contribution < 1.29 is 4.42 Å². The molecule has 6 aromatic carbocycles. The zero-order chi connectivity index (χ0) is 28.1. The summed E-state index contributed by atoms with van der Waals surface area (Å²) >= 11 is 0. The van der Waals surface area contributed by atoms with Crippen LogP contribution in [-0.4, -0.2) is 14.0 Å². The van der Waals surface area contributed by atoms with E-state index in [1.54, 1.807) is 0 Å². The molecular formula is C39H23N3O. The Morgan fingerprint density at radius 2 is 1.16 bits per heavy atom. The van der Waals surface area contributed by atoms with Gasteiger partial charge < -0.3 is 13.4 Å². The highest BCUT2D eigenvalue weighted by atomic mass is 16.3. The van der Waals surface area contributed by atoms with Crippen LogP contribution in [0.5, 0.6) is 0 Å². The van der Waals surface area contributed by atoms with Crippen molar-refractivity contribution in [2.75, 3.05) is 0 Å². The average Bonchev–Trinajstić information content (AvgIpc) is 3.73. The highest BCUT2D eigenvalue weighted by Gasteiger charge is 2.20. The van der Waals surface area contributed by atoms with Gasteiger partial charge in [0.25, 0.3) is 0 Å². The zero-order valence-corrected chi connectivity index (χ0v) is 23.0. The SMILES string of the molecule is c1ccc2c(c1)ncc1c(-c3ccc(-n4c5ccccc5c5ccc6c7ccccc7oc6c54)cc3)c3ccccc3n12. The molecule has 200 valence electrons. The van der Waals surface area contributed by atoms with E-state index >= 15 is 0 Å². The van der Waals surface area contributed by atoms with E-state index in [-0.39, 0.29) is 0 Å². The van der Waals surface area contributed by atoms with Crippen LogP contribution in [0, 0.1) is 0 Å². The fourth-order valence-corrected chi connectivity index (χ4v) is 7.11. The van der Waals surface area contributed by atoms with Gasteiger partial charge in [-0.15, -0.1) is 0 Å². The molecule has 0 aliphatic heterocycles. The summed E-state index contributed by atoms with van der Waals surface area (Å²) in [6.45, 7) is 0. The molecule has 0 saturated carbocycles. The standard InChI is InChI=1S/C39H23N3O/c1-5-13-32-26(9-1)28-21-22-29-27-10-3-8-16-36(27)43-39(29)38(28)41(32)25-19-17-24(18-20-25)37-30-11-2-6-14-33(30)42-34-15-7-4-12-31(34)40-23-35(37)42/h1-23H. The summed E-state index contributed by atoms with van der Waals surface area (Å²) in [7, 11) is 0. The Hall–Kier alpha value is -5.87. The highest BCUT2D eigenvalue weighted by Crippen LogP contribution is 2.41. The van der Waals surface area contributed by atoms with Crippen molar-refractivity contribution in [3.8, 4) is 16.8 Å². The van der Waals surface area contributed by atoms with E-state index in [2.05, 4.69) is 124 Å². The zero-order valence-electron chi connectivity index (χ0n) is 23.0. The Labute approximate surface area is 245 Å². The monoisotopic (exact) mass is 549 g/mol. The fraction of sp³-hybridized carbons (Fsp3) is 0. The fourth-order valence-electron chi connectivity index (χ4n) is 7.11. The quantitative estimate of drug-likeness (QED) is 0.215. The Bertz CT molecular complexity index is 2720. The summed E-state index contributed by atoms with van der Waals surface area (Å²) in [6.07, 6.45) is 2.01. The molecule has 0 spiro atoms. The smallest absolute Gasteiger partial charge is 0.160 e. The molecule has 0 unspecified atom stereocenters. The number of rotatable bonds is 2. The van der Waals surface area contributed by atoms with E-state index in [4.69, 9.17) is 9.40 Å². The maximum Gasteiger partial charge on any atom is 0.160 e. The van der Waals surface area contributed by atoms with Crippen molar-refractivity contribution in [3.63, 3.8) is 0 Å². The van der Waals surface area contributed by atoms with Crippen molar-refractivity contribution >= 4 is 71.2 Å². The molecule has 4 heteroatoms. The second-order valence-corrected chi connectivity index (χ2v) is 11.2. The van der Waals surface area contributed by atoms with Crippen molar-refractivity contribution in [2.45, 2.75) is 0 Å². The minimum atomic E-state index is 0.908. The molecule has 10 rings (SSSR count). The van der Waals surface area contributed by atoms with Gasteiger partial charge in [0.2, 0.25) is 0 Å². The topological polar surface area (TPSA) is 35.4 Å². The third-order valence-electron chi connectivity index (χ3n) is 8.95. The molecule has 4 nitrogen and oxygen atoms in total. The van der Waals surface area contributed by atoms with Gasteiger partial charge in [-0.1, -0.05) is 84.9 Å². The number of hydrogen-bond acceptors (Lipinski definition) is 2. The number of fused-ring (bicyclic) bond motifs is 12. The number of hydrogen-bond donors (Lipinski definition) is 0. The van der Waals surface area contributed by atoms with Gasteiger partial charge in [0.05, 0.1) is 39.3 Å². The summed E-state index contributed by atoms with van der Waals surface area (Å²) < 4.78 is 11.2. The lowest BCUT2D eigenvalue weighted by Gasteiger charge is -2.10. The predicted octanol–water partition coefficient (Wildman–Crippen LogP) is 10.3. The van der Waals surface area contributed by atoms with Crippen LogP contribution in [0.3, 0.4) is 0 Å². The van der Waals surface area contributed by atoms with E-state index < -0.39 is 0 Å². The number of furan rings is 1.